The second kappa shape index (κ2) is 11.5. The smallest absolute Gasteiger partial charge is 0.263 e. The summed E-state index contributed by atoms with van der Waals surface area (Å²) in [6.07, 6.45) is 14.1. The number of alkyl halides is 1. The molecular weight excluding hydrogens is 545 g/mol. The standard InChI is InChI=1S/C29H42FN7O3S/c30-24-19-37-27(34-29(24)13-6-4-2-1-3-5-7-14-29)25(26(31)35-37)28(38)33-23-18-32-15-10-22(23)20-11-16-36(17-12-20)41(39,40)21-8-9-21/h10,15,18,20-21,24,34H,1-9,11-14,16-17,19H2,(H2,31,35)(H,33,38). The minimum atomic E-state index is -3.20. The summed E-state index contributed by atoms with van der Waals surface area (Å²) < 4.78 is 44.2. The average Bonchev–Trinajstić information content (AvgIpc) is 3.78. The third-order valence-corrected chi connectivity index (χ3v) is 12.0. The lowest BCUT2D eigenvalue weighted by molar-refractivity contribution is 0.102. The number of amides is 1. The van der Waals surface area contributed by atoms with E-state index in [1.54, 1.807) is 16.7 Å². The predicted molar refractivity (Wildman–Crippen MR) is 157 cm³/mol. The van der Waals surface area contributed by atoms with Crippen LogP contribution in [-0.4, -0.2) is 63.4 Å². The van der Waals surface area contributed by atoms with Crippen molar-refractivity contribution in [1.29, 1.82) is 0 Å². The number of nitrogen functional groups attached to an aromatic ring is 1. The molecule has 224 valence electrons. The molecule has 10 nitrogen and oxygen atoms in total. The maximum atomic E-state index is 15.7. The zero-order valence-electron chi connectivity index (χ0n) is 23.7. The summed E-state index contributed by atoms with van der Waals surface area (Å²) in [6, 6.07) is 1.89. The first-order valence-electron chi connectivity index (χ1n) is 15.3. The molecule has 1 saturated heterocycles. The summed E-state index contributed by atoms with van der Waals surface area (Å²) in [4.78, 5) is 18.0. The Hall–Kier alpha value is -2.73. The fourth-order valence-corrected chi connectivity index (χ4v) is 8.85. The van der Waals surface area contributed by atoms with E-state index in [0.29, 0.717) is 50.3 Å². The lowest BCUT2D eigenvalue weighted by Crippen LogP contribution is -2.53. The first-order chi connectivity index (χ1) is 19.8. The summed E-state index contributed by atoms with van der Waals surface area (Å²) in [5.41, 5.74) is 7.28. The van der Waals surface area contributed by atoms with E-state index in [0.717, 1.165) is 44.1 Å². The van der Waals surface area contributed by atoms with Crippen molar-refractivity contribution in [2.75, 3.05) is 29.5 Å². The van der Waals surface area contributed by atoms with Gasteiger partial charge in [-0.2, -0.15) is 5.10 Å². The number of carbonyl (C=O) groups excluding carboxylic acids is 1. The number of piperidine rings is 1. The van der Waals surface area contributed by atoms with Crippen LogP contribution in [0.2, 0.25) is 0 Å². The Balaban J connectivity index is 1.20. The minimum absolute atomic E-state index is 0.0677. The van der Waals surface area contributed by atoms with Gasteiger partial charge in [0.2, 0.25) is 10.0 Å². The van der Waals surface area contributed by atoms with Crippen LogP contribution in [0.25, 0.3) is 0 Å². The van der Waals surface area contributed by atoms with E-state index in [9.17, 15) is 13.2 Å². The first-order valence-corrected chi connectivity index (χ1v) is 16.8. The van der Waals surface area contributed by atoms with Gasteiger partial charge in [0.05, 0.1) is 29.2 Å². The topological polar surface area (TPSA) is 135 Å². The van der Waals surface area contributed by atoms with Crippen LogP contribution in [0.15, 0.2) is 18.5 Å². The number of fused-ring (bicyclic) bond motifs is 1. The lowest BCUT2D eigenvalue weighted by atomic mass is 9.80. The molecule has 2 aromatic rings. The Morgan fingerprint density at radius 3 is 2.37 bits per heavy atom. The van der Waals surface area contributed by atoms with Crippen LogP contribution in [0.1, 0.15) is 105 Å². The van der Waals surface area contributed by atoms with Gasteiger partial charge in [-0.1, -0.05) is 44.9 Å². The van der Waals surface area contributed by atoms with Gasteiger partial charge < -0.3 is 16.4 Å². The zero-order valence-corrected chi connectivity index (χ0v) is 24.5. The molecule has 4 N–H and O–H groups in total. The van der Waals surface area contributed by atoms with Crippen LogP contribution in [0.3, 0.4) is 0 Å². The fraction of sp³-hybridized carbons (Fsp3) is 0.690. The van der Waals surface area contributed by atoms with Gasteiger partial charge in [0.15, 0.2) is 5.82 Å². The van der Waals surface area contributed by atoms with E-state index >= 15 is 4.39 Å². The molecule has 2 aliphatic carbocycles. The molecule has 6 rings (SSSR count). The van der Waals surface area contributed by atoms with Crippen molar-refractivity contribution >= 4 is 33.3 Å². The summed E-state index contributed by atoms with van der Waals surface area (Å²) >= 11 is 0. The molecule has 2 aromatic heterocycles. The van der Waals surface area contributed by atoms with Crippen LogP contribution < -0.4 is 16.4 Å². The zero-order chi connectivity index (χ0) is 28.6. The van der Waals surface area contributed by atoms with Crippen molar-refractivity contribution in [2.45, 2.75) is 113 Å². The van der Waals surface area contributed by atoms with Gasteiger partial charge in [-0.05, 0) is 56.1 Å². The number of aromatic nitrogens is 3. The number of pyridine rings is 1. The monoisotopic (exact) mass is 587 g/mol. The number of nitrogens with one attached hydrogen (secondary N) is 2. The Labute approximate surface area is 241 Å². The van der Waals surface area contributed by atoms with E-state index in [4.69, 9.17) is 5.73 Å². The van der Waals surface area contributed by atoms with Gasteiger partial charge in [0.1, 0.15) is 17.6 Å². The van der Waals surface area contributed by atoms with Crippen molar-refractivity contribution in [2.24, 2.45) is 0 Å². The molecule has 12 heteroatoms. The Bertz CT molecular complexity index is 1360. The van der Waals surface area contributed by atoms with E-state index in [1.165, 1.54) is 23.9 Å². The summed E-state index contributed by atoms with van der Waals surface area (Å²) in [7, 11) is -3.20. The van der Waals surface area contributed by atoms with Crippen LogP contribution in [0, 0.1) is 0 Å². The minimum Gasteiger partial charge on any atom is -0.381 e. The van der Waals surface area contributed by atoms with Gasteiger partial charge in [-0.3, -0.25) is 9.78 Å². The highest BCUT2D eigenvalue weighted by Crippen LogP contribution is 2.41. The van der Waals surface area contributed by atoms with Gasteiger partial charge in [0.25, 0.3) is 5.91 Å². The quantitative estimate of drug-likeness (QED) is 0.457. The number of nitrogens with two attached hydrogens (primary N) is 1. The molecule has 4 heterocycles. The van der Waals surface area contributed by atoms with Crippen LogP contribution in [0.4, 0.5) is 21.7 Å². The SMILES string of the molecule is Nc1nn2c(c1C(=O)Nc1cnccc1C1CCN(S(=O)(=O)C3CC3)CC1)NC1(CCCCCCCCC1)C(F)C2. The normalized spacial score (nSPS) is 24.4. The molecule has 3 fully saturated rings. The molecule has 41 heavy (non-hydrogen) atoms. The number of hydrogen-bond donors (Lipinski definition) is 3. The Morgan fingerprint density at radius 1 is 1.05 bits per heavy atom. The van der Waals surface area contributed by atoms with Crippen LogP contribution >= 0.6 is 0 Å². The van der Waals surface area contributed by atoms with Crippen molar-refractivity contribution in [3.05, 3.63) is 29.6 Å². The molecule has 1 amide bonds. The third kappa shape index (κ3) is 5.69. The number of anilines is 3. The highest BCUT2D eigenvalue weighted by molar-refractivity contribution is 7.90. The molecule has 1 spiro atoms. The molecule has 1 unspecified atom stereocenters. The molecule has 1 atom stereocenters. The van der Waals surface area contributed by atoms with Crippen molar-refractivity contribution < 1.29 is 17.6 Å². The molecule has 0 radical (unpaired) electrons. The number of nitrogens with zero attached hydrogens (tertiary/aromatic N) is 4. The lowest BCUT2D eigenvalue weighted by Gasteiger charge is -2.42. The number of carbonyl (C=O) groups is 1. The summed E-state index contributed by atoms with van der Waals surface area (Å²) in [5, 5.41) is 10.6. The van der Waals surface area contributed by atoms with Crippen LogP contribution in [0.5, 0.6) is 0 Å². The van der Waals surface area contributed by atoms with E-state index in [2.05, 4.69) is 20.7 Å². The maximum absolute atomic E-state index is 15.7. The molecule has 4 aliphatic rings. The Kier molecular flexibility index (Phi) is 7.97. The fourth-order valence-electron chi connectivity index (χ4n) is 6.98. The van der Waals surface area contributed by atoms with Crippen molar-refractivity contribution in [3.63, 3.8) is 0 Å². The highest BCUT2D eigenvalue weighted by atomic mass is 32.2. The number of sulfonamides is 1. The third-order valence-electron chi connectivity index (χ3n) is 9.55. The van der Waals surface area contributed by atoms with Gasteiger partial charge in [0, 0.05) is 19.3 Å². The molecule has 2 aliphatic heterocycles. The second-order valence-electron chi connectivity index (χ2n) is 12.3. The molecule has 0 aromatic carbocycles. The van der Waals surface area contributed by atoms with E-state index < -0.39 is 27.6 Å². The molecule has 0 bridgehead atoms. The summed E-state index contributed by atoms with van der Waals surface area (Å²) in [6.45, 7) is 1.01. The summed E-state index contributed by atoms with van der Waals surface area (Å²) in [5.74, 6) is 0.230. The van der Waals surface area contributed by atoms with Crippen molar-refractivity contribution in [1.82, 2.24) is 19.1 Å². The van der Waals surface area contributed by atoms with Crippen molar-refractivity contribution in [3.8, 4) is 0 Å². The van der Waals surface area contributed by atoms with Gasteiger partial charge >= 0.3 is 0 Å². The van der Waals surface area contributed by atoms with E-state index in [-0.39, 0.29) is 29.1 Å². The Morgan fingerprint density at radius 2 is 1.71 bits per heavy atom. The second-order valence-corrected chi connectivity index (χ2v) is 14.6. The molecular formula is C29H42FN7O3S. The van der Waals surface area contributed by atoms with Gasteiger partial charge in [-0.25, -0.2) is 21.8 Å². The maximum Gasteiger partial charge on any atom is 0.263 e. The predicted octanol–water partition coefficient (Wildman–Crippen LogP) is 4.81. The number of rotatable bonds is 5. The molecule has 2 saturated carbocycles. The number of halogens is 1. The van der Waals surface area contributed by atoms with Gasteiger partial charge in [-0.15, -0.1) is 0 Å². The average molecular weight is 588 g/mol. The van der Waals surface area contributed by atoms with Crippen LogP contribution in [-0.2, 0) is 16.6 Å². The van der Waals surface area contributed by atoms with E-state index in [1.807, 2.05) is 6.07 Å². The largest absolute Gasteiger partial charge is 0.381 e. The highest BCUT2D eigenvalue weighted by Gasteiger charge is 2.45. The number of hydrogen-bond acceptors (Lipinski definition) is 7. The first kappa shape index (κ1) is 28.4.